The van der Waals surface area contributed by atoms with Crippen LogP contribution in [0.2, 0.25) is 0 Å². The largest absolute Gasteiger partial charge is 0.480 e. The van der Waals surface area contributed by atoms with Crippen LogP contribution in [-0.2, 0) is 4.79 Å². The zero-order valence-electron chi connectivity index (χ0n) is 8.70. The molecule has 0 aromatic heterocycles. The number of fused-ring (bicyclic) bond motifs is 1. The molecule has 1 saturated carbocycles. The molecule has 4 atom stereocenters. The average Bonchev–Trinajstić information content (AvgIpc) is 2.16. The summed E-state index contributed by atoms with van der Waals surface area (Å²) in [5.41, 5.74) is 0. The van der Waals surface area contributed by atoms with Crippen molar-refractivity contribution in [3.63, 3.8) is 0 Å². The van der Waals surface area contributed by atoms with E-state index in [-0.39, 0.29) is 6.04 Å². The Labute approximate surface area is 84.9 Å². The Kier molecular flexibility index (Phi) is 2.77. The van der Waals surface area contributed by atoms with Gasteiger partial charge in [-0.2, -0.15) is 0 Å². The van der Waals surface area contributed by atoms with Gasteiger partial charge in [-0.1, -0.05) is 13.3 Å². The van der Waals surface area contributed by atoms with Crippen molar-refractivity contribution in [3.8, 4) is 0 Å². The predicted octanol–water partition coefficient (Wildman–Crippen LogP) is 1.49. The SMILES string of the molecule is CC1CCC2CNC(C(=O)O)CC2C1. The number of piperidine rings is 1. The van der Waals surface area contributed by atoms with Crippen LogP contribution in [0.1, 0.15) is 32.6 Å². The zero-order valence-corrected chi connectivity index (χ0v) is 8.70. The molecule has 2 N–H and O–H groups in total. The van der Waals surface area contributed by atoms with E-state index in [1.165, 1.54) is 19.3 Å². The summed E-state index contributed by atoms with van der Waals surface area (Å²) in [7, 11) is 0. The lowest BCUT2D eigenvalue weighted by molar-refractivity contribution is -0.141. The molecule has 2 rings (SSSR count). The molecular formula is C11H19NO2. The summed E-state index contributed by atoms with van der Waals surface area (Å²) >= 11 is 0. The van der Waals surface area contributed by atoms with Gasteiger partial charge in [0.15, 0.2) is 0 Å². The van der Waals surface area contributed by atoms with Gasteiger partial charge in [0, 0.05) is 0 Å². The molecule has 2 fully saturated rings. The Morgan fingerprint density at radius 1 is 1.29 bits per heavy atom. The number of carbonyl (C=O) groups is 1. The monoisotopic (exact) mass is 197 g/mol. The van der Waals surface area contributed by atoms with Gasteiger partial charge in [-0.05, 0) is 43.6 Å². The highest BCUT2D eigenvalue weighted by molar-refractivity contribution is 5.73. The average molecular weight is 197 g/mol. The first kappa shape index (κ1) is 9.97. The lowest BCUT2D eigenvalue weighted by Crippen LogP contribution is -2.49. The summed E-state index contributed by atoms with van der Waals surface area (Å²) in [5, 5.41) is 12.1. The van der Waals surface area contributed by atoms with E-state index in [2.05, 4.69) is 12.2 Å². The highest BCUT2D eigenvalue weighted by atomic mass is 16.4. The third-order valence-electron chi connectivity index (χ3n) is 3.87. The normalized spacial score (nSPS) is 42.9. The van der Waals surface area contributed by atoms with Crippen LogP contribution in [0, 0.1) is 17.8 Å². The zero-order chi connectivity index (χ0) is 10.1. The maximum absolute atomic E-state index is 10.8. The fourth-order valence-electron chi connectivity index (χ4n) is 2.99. The van der Waals surface area contributed by atoms with Crippen molar-refractivity contribution < 1.29 is 9.90 Å². The van der Waals surface area contributed by atoms with Crippen LogP contribution in [0.5, 0.6) is 0 Å². The van der Waals surface area contributed by atoms with Crippen LogP contribution in [0.15, 0.2) is 0 Å². The summed E-state index contributed by atoms with van der Waals surface area (Å²) < 4.78 is 0. The molecule has 80 valence electrons. The lowest BCUT2D eigenvalue weighted by atomic mass is 9.70. The Balaban J connectivity index is 1.96. The molecule has 0 radical (unpaired) electrons. The van der Waals surface area contributed by atoms with Gasteiger partial charge >= 0.3 is 5.97 Å². The third kappa shape index (κ3) is 1.92. The van der Waals surface area contributed by atoms with Crippen molar-refractivity contribution in [1.82, 2.24) is 5.32 Å². The molecule has 1 aliphatic heterocycles. The molecule has 0 aromatic carbocycles. The molecule has 4 unspecified atom stereocenters. The molecule has 1 heterocycles. The van der Waals surface area contributed by atoms with E-state index in [9.17, 15) is 4.79 Å². The highest BCUT2D eigenvalue weighted by Crippen LogP contribution is 2.38. The van der Waals surface area contributed by atoms with E-state index >= 15 is 0 Å². The van der Waals surface area contributed by atoms with Crippen LogP contribution in [0.4, 0.5) is 0 Å². The van der Waals surface area contributed by atoms with E-state index < -0.39 is 5.97 Å². The van der Waals surface area contributed by atoms with E-state index in [4.69, 9.17) is 5.11 Å². The second kappa shape index (κ2) is 3.89. The Hall–Kier alpha value is -0.570. The molecule has 1 saturated heterocycles. The van der Waals surface area contributed by atoms with E-state index in [0.717, 1.165) is 24.8 Å². The number of hydrogen-bond donors (Lipinski definition) is 2. The molecule has 1 aliphatic carbocycles. The summed E-state index contributed by atoms with van der Waals surface area (Å²) in [5.74, 6) is 1.51. The molecule has 3 nitrogen and oxygen atoms in total. The van der Waals surface area contributed by atoms with Crippen LogP contribution in [-0.4, -0.2) is 23.7 Å². The number of carboxylic acids is 1. The minimum Gasteiger partial charge on any atom is -0.480 e. The summed E-state index contributed by atoms with van der Waals surface area (Å²) in [6.07, 6.45) is 4.67. The molecule has 14 heavy (non-hydrogen) atoms. The molecule has 0 spiro atoms. The minimum atomic E-state index is -0.679. The number of nitrogens with one attached hydrogen (secondary N) is 1. The standard InChI is InChI=1S/C11H19NO2/c1-7-2-3-8-6-12-10(11(13)14)5-9(8)4-7/h7-10,12H,2-6H2,1H3,(H,13,14). The van der Waals surface area contributed by atoms with Crippen LogP contribution in [0.25, 0.3) is 0 Å². The third-order valence-corrected chi connectivity index (χ3v) is 3.87. The maximum Gasteiger partial charge on any atom is 0.320 e. The Morgan fingerprint density at radius 3 is 2.79 bits per heavy atom. The number of aliphatic carboxylic acids is 1. The van der Waals surface area contributed by atoms with Crippen LogP contribution in [0.3, 0.4) is 0 Å². The molecule has 0 aromatic rings. The van der Waals surface area contributed by atoms with Gasteiger partial charge in [-0.25, -0.2) is 0 Å². The Morgan fingerprint density at radius 2 is 2.07 bits per heavy atom. The van der Waals surface area contributed by atoms with Gasteiger partial charge in [0.2, 0.25) is 0 Å². The number of carboxylic acid groups (broad SMARTS) is 1. The van der Waals surface area contributed by atoms with Crippen LogP contribution >= 0.6 is 0 Å². The van der Waals surface area contributed by atoms with Crippen molar-refractivity contribution >= 4 is 5.97 Å². The topological polar surface area (TPSA) is 49.3 Å². The highest BCUT2D eigenvalue weighted by Gasteiger charge is 2.36. The van der Waals surface area contributed by atoms with E-state index in [1.807, 2.05) is 0 Å². The van der Waals surface area contributed by atoms with Crippen molar-refractivity contribution in [1.29, 1.82) is 0 Å². The van der Waals surface area contributed by atoms with Crippen molar-refractivity contribution in [2.75, 3.05) is 6.54 Å². The summed E-state index contributed by atoms with van der Waals surface area (Å²) in [4.78, 5) is 10.8. The Bertz CT molecular complexity index is 229. The number of hydrogen-bond acceptors (Lipinski definition) is 2. The lowest BCUT2D eigenvalue weighted by Gasteiger charge is -2.40. The summed E-state index contributed by atoms with van der Waals surface area (Å²) in [6.45, 7) is 3.20. The second-order valence-electron chi connectivity index (χ2n) is 4.97. The predicted molar refractivity (Wildman–Crippen MR) is 54.0 cm³/mol. The van der Waals surface area contributed by atoms with Crippen molar-refractivity contribution in [2.24, 2.45) is 17.8 Å². The van der Waals surface area contributed by atoms with Gasteiger partial charge in [-0.15, -0.1) is 0 Å². The van der Waals surface area contributed by atoms with E-state index in [0.29, 0.717) is 5.92 Å². The van der Waals surface area contributed by atoms with E-state index in [1.54, 1.807) is 0 Å². The molecule has 3 heteroatoms. The smallest absolute Gasteiger partial charge is 0.320 e. The van der Waals surface area contributed by atoms with Gasteiger partial charge in [0.05, 0.1) is 0 Å². The first-order valence-corrected chi connectivity index (χ1v) is 5.63. The number of rotatable bonds is 1. The van der Waals surface area contributed by atoms with Gasteiger partial charge in [-0.3, -0.25) is 4.79 Å². The van der Waals surface area contributed by atoms with Gasteiger partial charge in [0.1, 0.15) is 6.04 Å². The quantitative estimate of drug-likeness (QED) is 0.669. The molecular weight excluding hydrogens is 178 g/mol. The fourth-order valence-corrected chi connectivity index (χ4v) is 2.99. The van der Waals surface area contributed by atoms with Gasteiger partial charge < -0.3 is 10.4 Å². The molecule has 0 bridgehead atoms. The molecule has 0 amide bonds. The van der Waals surface area contributed by atoms with Crippen molar-refractivity contribution in [2.45, 2.75) is 38.6 Å². The first-order valence-electron chi connectivity index (χ1n) is 5.63. The fraction of sp³-hybridized carbons (Fsp3) is 0.909. The first-order chi connectivity index (χ1) is 6.66. The van der Waals surface area contributed by atoms with Crippen molar-refractivity contribution in [3.05, 3.63) is 0 Å². The summed E-state index contributed by atoms with van der Waals surface area (Å²) in [6, 6.07) is -0.290. The van der Waals surface area contributed by atoms with Gasteiger partial charge in [0.25, 0.3) is 0 Å². The minimum absolute atomic E-state index is 0.290. The van der Waals surface area contributed by atoms with Crippen LogP contribution < -0.4 is 5.32 Å². The molecule has 2 aliphatic rings. The maximum atomic E-state index is 10.8. The second-order valence-corrected chi connectivity index (χ2v) is 4.97.